The molecule has 27 heavy (non-hydrogen) atoms. The molecule has 3 heterocycles. The average Bonchev–Trinajstić information content (AvgIpc) is 3.26. The van der Waals surface area contributed by atoms with Crippen LogP contribution in [0.4, 0.5) is 5.69 Å². The van der Waals surface area contributed by atoms with Gasteiger partial charge in [-0.2, -0.15) is 0 Å². The summed E-state index contributed by atoms with van der Waals surface area (Å²) >= 11 is 5.75. The van der Waals surface area contributed by atoms with Gasteiger partial charge >= 0.3 is 0 Å². The molecule has 3 aromatic rings. The first-order chi connectivity index (χ1) is 13.0. The zero-order valence-electron chi connectivity index (χ0n) is 14.8. The number of benzene rings is 1. The van der Waals surface area contributed by atoms with E-state index in [9.17, 15) is 9.59 Å². The van der Waals surface area contributed by atoms with Gasteiger partial charge in [-0.25, -0.2) is 0 Å². The number of piperidine rings is 1. The third kappa shape index (κ3) is 3.45. The van der Waals surface area contributed by atoms with E-state index in [4.69, 9.17) is 20.4 Å². The molecule has 140 valence electrons. The van der Waals surface area contributed by atoms with Crippen molar-refractivity contribution in [2.24, 2.45) is 5.92 Å². The molecule has 1 aliphatic rings. The summed E-state index contributed by atoms with van der Waals surface area (Å²) in [5, 5.41) is 3.54. The number of fused-ring (bicyclic) bond motifs is 1. The Morgan fingerprint density at radius 3 is 2.56 bits per heavy atom. The van der Waals surface area contributed by atoms with Crippen molar-refractivity contribution in [3.63, 3.8) is 0 Å². The molecule has 4 rings (SSSR count). The van der Waals surface area contributed by atoms with Crippen LogP contribution in [0.3, 0.4) is 0 Å². The predicted molar refractivity (Wildman–Crippen MR) is 102 cm³/mol. The number of carbonyl (C=O) groups excluding carboxylic acids is 2. The van der Waals surface area contributed by atoms with E-state index in [1.54, 1.807) is 17.0 Å². The van der Waals surface area contributed by atoms with Crippen LogP contribution in [0.1, 0.15) is 40.9 Å². The third-order valence-corrected chi connectivity index (χ3v) is 5.10. The lowest BCUT2D eigenvalue weighted by Gasteiger charge is -2.29. The fraction of sp³-hybridized carbons (Fsp3) is 0.300. The lowest BCUT2D eigenvalue weighted by molar-refractivity contribution is 0.0669. The number of para-hydroxylation sites is 1. The van der Waals surface area contributed by atoms with Gasteiger partial charge in [0, 0.05) is 18.5 Å². The summed E-state index contributed by atoms with van der Waals surface area (Å²) in [4.78, 5) is 27.4. The van der Waals surface area contributed by atoms with Crippen molar-refractivity contribution in [2.75, 3.05) is 18.4 Å². The van der Waals surface area contributed by atoms with Crippen molar-refractivity contribution in [1.82, 2.24) is 4.90 Å². The van der Waals surface area contributed by atoms with Crippen LogP contribution in [0.2, 0.25) is 5.22 Å². The fourth-order valence-electron chi connectivity index (χ4n) is 3.29. The van der Waals surface area contributed by atoms with Crippen molar-refractivity contribution < 1.29 is 18.4 Å². The highest BCUT2D eigenvalue weighted by Gasteiger charge is 2.29. The van der Waals surface area contributed by atoms with E-state index in [1.807, 2.05) is 12.1 Å². The van der Waals surface area contributed by atoms with E-state index in [0.717, 1.165) is 12.8 Å². The molecule has 6 nitrogen and oxygen atoms in total. The van der Waals surface area contributed by atoms with E-state index < -0.39 is 5.91 Å². The summed E-state index contributed by atoms with van der Waals surface area (Å²) < 4.78 is 11.0. The summed E-state index contributed by atoms with van der Waals surface area (Å²) in [5.41, 5.74) is 0.894. The highest BCUT2D eigenvalue weighted by atomic mass is 35.5. The summed E-state index contributed by atoms with van der Waals surface area (Å²) in [6.45, 7) is 3.54. The standard InChI is InChI=1S/C20H19ClN2O4/c1-12-8-10-23(11-9-12)20(25)18-17(13-4-2-3-5-14(13)27-18)22-19(24)15-6-7-16(21)26-15/h2-7,12H,8-11H2,1H3,(H,22,24). The second kappa shape index (κ2) is 7.12. The highest BCUT2D eigenvalue weighted by Crippen LogP contribution is 2.33. The van der Waals surface area contributed by atoms with E-state index in [0.29, 0.717) is 35.7 Å². The zero-order chi connectivity index (χ0) is 19.0. The number of nitrogens with zero attached hydrogens (tertiary/aromatic N) is 1. The molecule has 0 saturated carbocycles. The molecule has 1 saturated heterocycles. The van der Waals surface area contributed by atoms with E-state index in [2.05, 4.69) is 12.2 Å². The Morgan fingerprint density at radius 2 is 1.85 bits per heavy atom. The van der Waals surface area contributed by atoms with Gasteiger partial charge in [0.1, 0.15) is 11.3 Å². The second-order valence-corrected chi connectivity index (χ2v) is 7.21. The third-order valence-electron chi connectivity index (χ3n) is 4.90. The van der Waals surface area contributed by atoms with Gasteiger partial charge in [-0.15, -0.1) is 0 Å². The molecule has 0 aliphatic carbocycles. The lowest BCUT2D eigenvalue weighted by Crippen LogP contribution is -2.38. The lowest BCUT2D eigenvalue weighted by atomic mass is 9.99. The van der Waals surface area contributed by atoms with Gasteiger partial charge in [0.15, 0.2) is 11.0 Å². The number of nitrogens with one attached hydrogen (secondary N) is 1. The Morgan fingerprint density at radius 1 is 1.11 bits per heavy atom. The number of likely N-dealkylation sites (tertiary alicyclic amines) is 1. The zero-order valence-corrected chi connectivity index (χ0v) is 15.6. The number of hydrogen-bond donors (Lipinski definition) is 1. The number of carbonyl (C=O) groups is 2. The molecule has 0 unspecified atom stereocenters. The molecule has 2 amide bonds. The molecule has 0 spiro atoms. The van der Waals surface area contributed by atoms with Gasteiger partial charge in [0.2, 0.25) is 5.76 Å². The monoisotopic (exact) mass is 386 g/mol. The summed E-state index contributed by atoms with van der Waals surface area (Å²) in [7, 11) is 0. The fourth-order valence-corrected chi connectivity index (χ4v) is 3.43. The maximum atomic E-state index is 13.1. The molecule has 0 bridgehead atoms. The van der Waals surface area contributed by atoms with Gasteiger partial charge in [0.25, 0.3) is 11.8 Å². The highest BCUT2D eigenvalue weighted by molar-refractivity contribution is 6.29. The first kappa shape index (κ1) is 17.7. The molecular weight excluding hydrogens is 368 g/mol. The van der Waals surface area contributed by atoms with Crippen molar-refractivity contribution in [2.45, 2.75) is 19.8 Å². The van der Waals surface area contributed by atoms with Crippen molar-refractivity contribution in [1.29, 1.82) is 0 Å². The summed E-state index contributed by atoms with van der Waals surface area (Å²) in [5.74, 6) is 0.0977. The Hall–Kier alpha value is -2.73. The average molecular weight is 387 g/mol. The van der Waals surface area contributed by atoms with Gasteiger partial charge in [0.05, 0.1) is 0 Å². The number of amides is 2. The van der Waals surface area contributed by atoms with Gasteiger partial charge in [-0.1, -0.05) is 19.1 Å². The van der Waals surface area contributed by atoms with E-state index in [-0.39, 0.29) is 22.6 Å². The number of furan rings is 2. The number of halogens is 1. The van der Waals surface area contributed by atoms with Crippen LogP contribution in [0.5, 0.6) is 0 Å². The van der Waals surface area contributed by atoms with E-state index >= 15 is 0 Å². The Labute approximate surface area is 161 Å². The van der Waals surface area contributed by atoms with Crippen molar-refractivity contribution in [3.05, 3.63) is 53.1 Å². The van der Waals surface area contributed by atoms with Crippen LogP contribution < -0.4 is 5.32 Å². The largest absolute Gasteiger partial charge is 0.449 e. The normalized spacial score (nSPS) is 15.3. The molecule has 0 radical (unpaired) electrons. The van der Waals surface area contributed by atoms with E-state index in [1.165, 1.54) is 12.1 Å². The van der Waals surface area contributed by atoms with Gasteiger partial charge in [-0.3, -0.25) is 9.59 Å². The summed E-state index contributed by atoms with van der Waals surface area (Å²) in [6.07, 6.45) is 1.91. The molecule has 1 fully saturated rings. The van der Waals surface area contributed by atoms with Crippen LogP contribution in [-0.4, -0.2) is 29.8 Å². The topological polar surface area (TPSA) is 75.7 Å². The smallest absolute Gasteiger partial charge is 0.291 e. The number of hydrogen-bond acceptors (Lipinski definition) is 4. The minimum atomic E-state index is -0.491. The molecule has 1 N–H and O–H groups in total. The van der Waals surface area contributed by atoms with Crippen LogP contribution in [0.15, 0.2) is 45.2 Å². The molecule has 1 aliphatic heterocycles. The van der Waals surface area contributed by atoms with Crippen molar-refractivity contribution in [3.8, 4) is 0 Å². The molecule has 7 heteroatoms. The Kier molecular flexibility index (Phi) is 4.66. The van der Waals surface area contributed by atoms with Gasteiger partial charge < -0.3 is 19.1 Å². The van der Waals surface area contributed by atoms with Crippen LogP contribution in [0, 0.1) is 5.92 Å². The Bertz CT molecular complexity index is 999. The molecule has 0 atom stereocenters. The first-order valence-corrected chi connectivity index (χ1v) is 9.28. The molecule has 1 aromatic carbocycles. The summed E-state index contributed by atoms with van der Waals surface area (Å²) in [6, 6.07) is 10.2. The minimum absolute atomic E-state index is 0.0653. The molecular formula is C20H19ClN2O4. The second-order valence-electron chi connectivity index (χ2n) is 6.83. The molecule has 2 aromatic heterocycles. The predicted octanol–water partition coefficient (Wildman–Crippen LogP) is 4.80. The van der Waals surface area contributed by atoms with Gasteiger partial charge in [-0.05, 0) is 54.6 Å². The van der Waals surface area contributed by atoms with Crippen LogP contribution in [-0.2, 0) is 0 Å². The Balaban J connectivity index is 1.69. The number of rotatable bonds is 3. The van der Waals surface area contributed by atoms with Crippen molar-refractivity contribution >= 4 is 40.1 Å². The SMILES string of the molecule is CC1CCN(C(=O)c2oc3ccccc3c2NC(=O)c2ccc(Cl)o2)CC1. The maximum Gasteiger partial charge on any atom is 0.291 e. The number of anilines is 1. The maximum absolute atomic E-state index is 13.1. The van der Waals surface area contributed by atoms with Crippen LogP contribution in [0.25, 0.3) is 11.0 Å². The first-order valence-electron chi connectivity index (χ1n) is 8.90. The quantitative estimate of drug-likeness (QED) is 0.701. The van der Waals surface area contributed by atoms with Crippen LogP contribution >= 0.6 is 11.6 Å². The minimum Gasteiger partial charge on any atom is -0.449 e.